The van der Waals surface area contributed by atoms with Crippen molar-refractivity contribution in [2.24, 2.45) is 0 Å². The second kappa shape index (κ2) is 3.09. The van der Waals surface area contributed by atoms with E-state index in [0.29, 0.717) is 5.92 Å². The molecule has 0 bridgehead atoms. The zero-order chi connectivity index (χ0) is 8.43. The lowest BCUT2D eigenvalue weighted by molar-refractivity contribution is 0.837. The third kappa shape index (κ3) is 1.63. The predicted molar refractivity (Wildman–Crippen MR) is 50.2 cm³/mol. The van der Waals surface area contributed by atoms with Gasteiger partial charge in [0, 0.05) is 7.05 Å². The van der Waals surface area contributed by atoms with Crippen molar-refractivity contribution in [3.8, 4) is 0 Å². The van der Waals surface area contributed by atoms with E-state index in [1.165, 1.54) is 11.3 Å². The minimum atomic E-state index is 0.411. The Hall–Kier alpha value is -0.770. The van der Waals surface area contributed by atoms with Gasteiger partial charge in [0.05, 0.1) is 5.69 Å². The first-order valence-electron chi connectivity index (χ1n) is 3.59. The normalized spacial score (nSPS) is 10.5. The fraction of sp³-hybridized carbons (Fsp3) is 0.571. The second-order valence-corrected chi connectivity index (χ2v) is 3.70. The van der Waals surface area contributed by atoms with Crippen LogP contribution < -0.4 is 11.1 Å². The molecule has 1 heterocycles. The van der Waals surface area contributed by atoms with Crippen molar-refractivity contribution in [3.05, 3.63) is 5.69 Å². The molecule has 1 rings (SSSR count). The van der Waals surface area contributed by atoms with Crippen molar-refractivity contribution >= 4 is 21.5 Å². The van der Waals surface area contributed by atoms with Crippen molar-refractivity contribution in [3.63, 3.8) is 0 Å². The number of rotatable bonds is 2. The lowest BCUT2D eigenvalue weighted by Gasteiger charge is -1.98. The Morgan fingerprint density at radius 3 is 2.45 bits per heavy atom. The van der Waals surface area contributed by atoms with E-state index in [-0.39, 0.29) is 0 Å². The van der Waals surface area contributed by atoms with Gasteiger partial charge in [0.2, 0.25) is 0 Å². The monoisotopic (exact) mass is 171 g/mol. The molecule has 0 saturated carbocycles. The molecular formula is C7H13N3S. The third-order valence-electron chi connectivity index (χ3n) is 1.44. The zero-order valence-electron chi connectivity index (χ0n) is 7.01. The number of nitrogen functional groups attached to an aromatic ring is 1. The molecule has 0 spiro atoms. The highest BCUT2D eigenvalue weighted by Gasteiger charge is 2.09. The molecule has 0 aliphatic heterocycles. The third-order valence-corrected chi connectivity index (χ3v) is 2.36. The molecule has 3 nitrogen and oxygen atoms in total. The second-order valence-electron chi connectivity index (χ2n) is 2.67. The van der Waals surface area contributed by atoms with Crippen LogP contribution in [0.1, 0.15) is 25.5 Å². The molecule has 0 atom stereocenters. The Balaban J connectivity index is 2.97. The molecule has 1 aromatic rings. The van der Waals surface area contributed by atoms with Crippen LogP contribution in [0.5, 0.6) is 0 Å². The van der Waals surface area contributed by atoms with Gasteiger partial charge < -0.3 is 11.1 Å². The largest absolute Gasteiger partial charge is 0.389 e. The van der Waals surface area contributed by atoms with Gasteiger partial charge in [-0.25, -0.2) is 4.98 Å². The standard InChI is InChI=1S/C7H13N3S/c1-4(2)5-6(8)11-7(9-3)10-5/h4H,8H2,1-3H3,(H,9,10). The molecule has 3 N–H and O–H groups in total. The van der Waals surface area contributed by atoms with E-state index < -0.39 is 0 Å². The maximum atomic E-state index is 5.73. The Labute approximate surface area is 70.6 Å². The summed E-state index contributed by atoms with van der Waals surface area (Å²) >= 11 is 1.50. The van der Waals surface area contributed by atoms with E-state index >= 15 is 0 Å². The van der Waals surface area contributed by atoms with Gasteiger partial charge >= 0.3 is 0 Å². The highest BCUT2D eigenvalue weighted by molar-refractivity contribution is 7.19. The van der Waals surface area contributed by atoms with E-state index in [1.54, 1.807) is 0 Å². The Morgan fingerprint density at radius 2 is 2.18 bits per heavy atom. The van der Waals surface area contributed by atoms with Gasteiger partial charge in [-0.1, -0.05) is 25.2 Å². The van der Waals surface area contributed by atoms with Crippen LogP contribution in [0.3, 0.4) is 0 Å². The average Bonchev–Trinajstić information content (AvgIpc) is 2.30. The maximum Gasteiger partial charge on any atom is 0.184 e. The lowest BCUT2D eigenvalue weighted by atomic mass is 10.1. The summed E-state index contributed by atoms with van der Waals surface area (Å²) in [5.41, 5.74) is 6.73. The topological polar surface area (TPSA) is 50.9 Å². The highest BCUT2D eigenvalue weighted by Crippen LogP contribution is 2.29. The molecule has 4 heteroatoms. The minimum Gasteiger partial charge on any atom is -0.389 e. The number of thiazole rings is 1. The summed E-state index contributed by atoms with van der Waals surface area (Å²) in [6.07, 6.45) is 0. The molecule has 0 aliphatic rings. The van der Waals surface area contributed by atoms with Gasteiger partial charge in [-0.15, -0.1) is 0 Å². The van der Waals surface area contributed by atoms with Gasteiger partial charge in [-0.05, 0) is 5.92 Å². The van der Waals surface area contributed by atoms with Crippen LogP contribution in [0.2, 0.25) is 0 Å². The maximum absolute atomic E-state index is 5.73. The molecular weight excluding hydrogens is 158 g/mol. The van der Waals surface area contributed by atoms with Crippen molar-refractivity contribution in [1.82, 2.24) is 4.98 Å². The van der Waals surface area contributed by atoms with Gasteiger partial charge in [0.25, 0.3) is 0 Å². The van der Waals surface area contributed by atoms with E-state index in [0.717, 1.165) is 15.8 Å². The molecule has 0 saturated heterocycles. The minimum absolute atomic E-state index is 0.411. The summed E-state index contributed by atoms with van der Waals surface area (Å²) in [5.74, 6) is 0.411. The summed E-state index contributed by atoms with van der Waals surface area (Å²) < 4.78 is 0. The molecule has 0 unspecified atom stereocenters. The van der Waals surface area contributed by atoms with Crippen LogP contribution in [-0.4, -0.2) is 12.0 Å². The average molecular weight is 171 g/mol. The number of hydrogen-bond acceptors (Lipinski definition) is 4. The highest BCUT2D eigenvalue weighted by atomic mass is 32.1. The zero-order valence-corrected chi connectivity index (χ0v) is 7.83. The van der Waals surface area contributed by atoms with Crippen LogP contribution >= 0.6 is 11.3 Å². The van der Waals surface area contributed by atoms with Gasteiger partial charge in [0.15, 0.2) is 5.13 Å². The first kappa shape index (κ1) is 8.33. The summed E-state index contributed by atoms with van der Waals surface area (Å²) in [5, 5.41) is 4.69. The van der Waals surface area contributed by atoms with Gasteiger partial charge in [-0.3, -0.25) is 0 Å². The van der Waals surface area contributed by atoms with Gasteiger partial charge in [-0.2, -0.15) is 0 Å². The van der Waals surface area contributed by atoms with Crippen molar-refractivity contribution < 1.29 is 0 Å². The first-order valence-corrected chi connectivity index (χ1v) is 4.40. The van der Waals surface area contributed by atoms with E-state index in [4.69, 9.17) is 5.73 Å². The number of nitrogens with two attached hydrogens (primary N) is 1. The van der Waals surface area contributed by atoms with Crippen molar-refractivity contribution in [2.75, 3.05) is 18.1 Å². The molecule has 1 aromatic heterocycles. The van der Waals surface area contributed by atoms with Crippen LogP contribution in [0.25, 0.3) is 0 Å². The SMILES string of the molecule is CNc1nc(C(C)C)c(N)s1. The molecule has 11 heavy (non-hydrogen) atoms. The van der Waals surface area contributed by atoms with E-state index in [2.05, 4.69) is 24.1 Å². The number of hydrogen-bond donors (Lipinski definition) is 2. The molecule has 0 amide bonds. The Morgan fingerprint density at radius 1 is 1.55 bits per heavy atom. The van der Waals surface area contributed by atoms with Crippen LogP contribution in [0, 0.1) is 0 Å². The first-order chi connectivity index (χ1) is 5.15. The summed E-state index contributed by atoms with van der Waals surface area (Å²) in [7, 11) is 1.85. The summed E-state index contributed by atoms with van der Waals surface area (Å²) in [6, 6.07) is 0. The summed E-state index contributed by atoms with van der Waals surface area (Å²) in [4.78, 5) is 4.31. The fourth-order valence-electron chi connectivity index (χ4n) is 0.864. The van der Waals surface area contributed by atoms with Crippen molar-refractivity contribution in [1.29, 1.82) is 0 Å². The number of nitrogens with one attached hydrogen (secondary N) is 1. The molecule has 62 valence electrons. The Kier molecular flexibility index (Phi) is 2.34. The van der Waals surface area contributed by atoms with Crippen LogP contribution in [-0.2, 0) is 0 Å². The van der Waals surface area contributed by atoms with Crippen molar-refractivity contribution in [2.45, 2.75) is 19.8 Å². The molecule has 0 fully saturated rings. The number of nitrogens with zero attached hydrogens (tertiary/aromatic N) is 1. The quantitative estimate of drug-likeness (QED) is 0.714. The smallest absolute Gasteiger partial charge is 0.184 e. The van der Waals surface area contributed by atoms with Crippen LogP contribution in [0.4, 0.5) is 10.1 Å². The number of anilines is 2. The van der Waals surface area contributed by atoms with Crippen LogP contribution in [0.15, 0.2) is 0 Å². The lowest BCUT2D eigenvalue weighted by Crippen LogP contribution is -1.93. The number of aromatic nitrogens is 1. The van der Waals surface area contributed by atoms with E-state index in [1.807, 2.05) is 7.05 Å². The molecule has 0 aromatic carbocycles. The predicted octanol–water partition coefficient (Wildman–Crippen LogP) is 1.89. The summed E-state index contributed by atoms with van der Waals surface area (Å²) in [6.45, 7) is 4.18. The molecule has 0 aliphatic carbocycles. The van der Waals surface area contributed by atoms with E-state index in [9.17, 15) is 0 Å². The Bertz CT molecular complexity index is 242. The van der Waals surface area contributed by atoms with Gasteiger partial charge in [0.1, 0.15) is 5.00 Å². The molecule has 0 radical (unpaired) electrons. The fourth-order valence-corrected chi connectivity index (χ4v) is 1.70.